The van der Waals surface area contributed by atoms with Crippen LogP contribution in [0.15, 0.2) is 84.9 Å². The van der Waals surface area contributed by atoms with Crippen molar-refractivity contribution in [2.24, 2.45) is 0 Å². The predicted molar refractivity (Wildman–Crippen MR) is 97.9 cm³/mol. The second-order valence-corrected chi connectivity index (χ2v) is 6.80. The molecule has 2 atom stereocenters. The van der Waals surface area contributed by atoms with Crippen LogP contribution in [0.4, 0.5) is 4.79 Å². The van der Waals surface area contributed by atoms with Gasteiger partial charge in [-0.05, 0) is 34.0 Å². The van der Waals surface area contributed by atoms with Gasteiger partial charge < -0.3 is 4.74 Å². The second kappa shape index (κ2) is 6.54. The fourth-order valence-electron chi connectivity index (χ4n) is 2.98. The van der Waals surface area contributed by atoms with Crippen LogP contribution in [-0.4, -0.2) is 5.30 Å². The number of ether oxygens (including phenoxy) is 1. The summed E-state index contributed by atoms with van der Waals surface area (Å²) in [5.41, 5.74) is 4.49. The van der Waals surface area contributed by atoms with Crippen molar-refractivity contribution < 1.29 is 9.53 Å². The first-order chi connectivity index (χ1) is 11.8. The van der Waals surface area contributed by atoms with Gasteiger partial charge in [0.2, 0.25) is 0 Å². The van der Waals surface area contributed by atoms with E-state index in [1.807, 2.05) is 48.5 Å². The van der Waals surface area contributed by atoms with E-state index in [-0.39, 0.29) is 16.7 Å². The minimum atomic E-state index is -0.241. The third-order valence-corrected chi connectivity index (χ3v) is 5.26. The lowest BCUT2D eigenvalue weighted by Crippen LogP contribution is -2.05. The molecule has 0 aromatic heterocycles. The molecule has 2 nitrogen and oxygen atoms in total. The molecule has 1 heterocycles. The lowest BCUT2D eigenvalue weighted by molar-refractivity contribution is 0.133. The SMILES string of the molecule is O=C1O[C@H](c2ccc(-c3ccccc3)cc2)[C@H](c2ccccc2)S1. The maximum atomic E-state index is 11.8. The fraction of sp³-hybridized carbons (Fsp3) is 0.0952. The van der Waals surface area contributed by atoms with E-state index >= 15 is 0 Å². The molecule has 1 aliphatic rings. The molecule has 0 amide bonds. The van der Waals surface area contributed by atoms with E-state index in [2.05, 4.69) is 36.4 Å². The molecule has 3 aromatic rings. The Balaban J connectivity index is 1.64. The number of hydrogen-bond acceptors (Lipinski definition) is 3. The van der Waals surface area contributed by atoms with Gasteiger partial charge in [0.25, 0.3) is 0 Å². The topological polar surface area (TPSA) is 26.3 Å². The smallest absolute Gasteiger partial charge is 0.368 e. The van der Waals surface area contributed by atoms with E-state index in [0.717, 1.165) is 16.7 Å². The van der Waals surface area contributed by atoms with E-state index in [1.54, 1.807) is 0 Å². The van der Waals surface area contributed by atoms with Gasteiger partial charge in [-0.15, -0.1) is 0 Å². The zero-order valence-corrected chi connectivity index (χ0v) is 13.8. The van der Waals surface area contributed by atoms with E-state index in [1.165, 1.54) is 17.3 Å². The van der Waals surface area contributed by atoms with Crippen molar-refractivity contribution in [2.75, 3.05) is 0 Å². The highest BCUT2D eigenvalue weighted by Gasteiger charge is 2.37. The Hall–Kier alpha value is -2.52. The molecule has 0 radical (unpaired) electrons. The molecule has 4 rings (SSSR count). The predicted octanol–water partition coefficient (Wildman–Crippen LogP) is 6.02. The lowest BCUT2D eigenvalue weighted by Gasteiger charge is -2.17. The highest BCUT2D eigenvalue weighted by atomic mass is 32.2. The van der Waals surface area contributed by atoms with Gasteiger partial charge in [0, 0.05) is 0 Å². The van der Waals surface area contributed by atoms with Crippen molar-refractivity contribution in [2.45, 2.75) is 11.4 Å². The van der Waals surface area contributed by atoms with Gasteiger partial charge in [-0.2, -0.15) is 0 Å². The van der Waals surface area contributed by atoms with Gasteiger partial charge >= 0.3 is 5.30 Å². The average molecular weight is 332 g/mol. The summed E-state index contributed by atoms with van der Waals surface area (Å²) in [5, 5.41) is -0.206. The van der Waals surface area contributed by atoms with E-state index in [9.17, 15) is 4.79 Å². The third kappa shape index (κ3) is 2.95. The molecule has 0 bridgehead atoms. The average Bonchev–Trinajstić information content (AvgIpc) is 3.05. The first kappa shape index (κ1) is 15.0. The van der Waals surface area contributed by atoms with Gasteiger partial charge in [-0.25, -0.2) is 4.79 Å². The van der Waals surface area contributed by atoms with Crippen LogP contribution in [0.3, 0.4) is 0 Å². The highest BCUT2D eigenvalue weighted by Crippen LogP contribution is 2.49. The number of rotatable bonds is 3. The molecule has 0 unspecified atom stereocenters. The zero-order chi connectivity index (χ0) is 16.4. The Kier molecular flexibility index (Phi) is 4.09. The van der Waals surface area contributed by atoms with Gasteiger partial charge in [-0.1, -0.05) is 84.9 Å². The Labute approximate surface area is 145 Å². The summed E-state index contributed by atoms with van der Waals surface area (Å²) in [5.74, 6) is 0. The second-order valence-electron chi connectivity index (χ2n) is 5.73. The molecule has 24 heavy (non-hydrogen) atoms. The van der Waals surface area contributed by atoms with Gasteiger partial charge in [-0.3, -0.25) is 0 Å². The maximum Gasteiger partial charge on any atom is 0.368 e. The van der Waals surface area contributed by atoms with Crippen molar-refractivity contribution in [3.05, 3.63) is 96.1 Å². The maximum absolute atomic E-state index is 11.8. The molecule has 118 valence electrons. The van der Waals surface area contributed by atoms with Gasteiger partial charge in [0.05, 0.1) is 5.25 Å². The summed E-state index contributed by atoms with van der Waals surface area (Å²) in [4.78, 5) is 11.8. The van der Waals surface area contributed by atoms with Crippen molar-refractivity contribution >= 4 is 17.1 Å². The number of carbonyl (C=O) groups is 1. The molecule has 1 aliphatic heterocycles. The minimum absolute atomic E-state index is 0.00118. The summed E-state index contributed by atoms with van der Waals surface area (Å²) >= 11 is 1.26. The van der Waals surface area contributed by atoms with Crippen LogP contribution < -0.4 is 0 Å². The Morgan fingerprint density at radius 3 is 1.92 bits per heavy atom. The van der Waals surface area contributed by atoms with E-state index in [4.69, 9.17) is 4.74 Å². The summed E-state index contributed by atoms with van der Waals surface area (Å²) in [6.07, 6.45) is -0.241. The number of carbonyl (C=O) groups excluding carboxylic acids is 1. The van der Waals surface area contributed by atoms with E-state index < -0.39 is 0 Å². The number of benzene rings is 3. The quantitative estimate of drug-likeness (QED) is 0.549. The number of thioether (sulfide) groups is 1. The minimum Gasteiger partial charge on any atom is -0.448 e. The van der Waals surface area contributed by atoms with Gasteiger partial charge in [0.15, 0.2) is 0 Å². The third-order valence-electron chi connectivity index (χ3n) is 4.20. The van der Waals surface area contributed by atoms with Crippen LogP contribution in [0.2, 0.25) is 0 Å². The first-order valence-electron chi connectivity index (χ1n) is 7.89. The highest BCUT2D eigenvalue weighted by molar-refractivity contribution is 8.13. The van der Waals surface area contributed by atoms with Gasteiger partial charge in [0.1, 0.15) is 6.10 Å². The number of hydrogen-bond donors (Lipinski definition) is 0. The van der Waals surface area contributed by atoms with Crippen LogP contribution in [0, 0.1) is 0 Å². The summed E-state index contributed by atoms with van der Waals surface area (Å²) < 4.78 is 5.58. The molecule has 1 fully saturated rings. The normalized spacial score (nSPS) is 19.9. The molecule has 3 heteroatoms. The molecule has 0 spiro atoms. The molecule has 0 aliphatic carbocycles. The van der Waals surface area contributed by atoms with Crippen molar-refractivity contribution in [3.63, 3.8) is 0 Å². The monoisotopic (exact) mass is 332 g/mol. The standard InChI is InChI=1S/C21H16O2S/c22-21-23-19(20(24-21)18-9-5-2-6-10-18)17-13-11-16(12-14-17)15-7-3-1-4-8-15/h1-14,19-20H/t19-,20+/m1/s1. The van der Waals surface area contributed by atoms with Crippen molar-refractivity contribution in [1.82, 2.24) is 0 Å². The molecule has 0 saturated carbocycles. The molecule has 1 saturated heterocycles. The Morgan fingerprint density at radius 2 is 1.25 bits per heavy atom. The largest absolute Gasteiger partial charge is 0.448 e. The van der Waals surface area contributed by atoms with Crippen LogP contribution in [-0.2, 0) is 4.74 Å². The summed E-state index contributed by atoms with van der Waals surface area (Å²) in [6.45, 7) is 0. The molecular formula is C21H16O2S. The Bertz CT molecular complexity index is 829. The molecule has 3 aromatic carbocycles. The summed E-state index contributed by atoms with van der Waals surface area (Å²) in [7, 11) is 0. The molecular weight excluding hydrogens is 316 g/mol. The van der Waals surface area contributed by atoms with Crippen molar-refractivity contribution in [3.8, 4) is 11.1 Å². The Morgan fingerprint density at radius 1 is 0.667 bits per heavy atom. The van der Waals surface area contributed by atoms with Crippen LogP contribution in [0.1, 0.15) is 22.5 Å². The fourth-order valence-corrected chi connectivity index (χ4v) is 3.98. The first-order valence-corrected chi connectivity index (χ1v) is 8.77. The summed E-state index contributed by atoms with van der Waals surface area (Å²) in [6, 6.07) is 28.6. The number of cyclic esters (lactones) is 1. The van der Waals surface area contributed by atoms with Crippen LogP contribution >= 0.6 is 11.8 Å². The lowest BCUT2D eigenvalue weighted by atomic mass is 9.98. The zero-order valence-electron chi connectivity index (χ0n) is 13.0. The van der Waals surface area contributed by atoms with Crippen LogP contribution in [0.5, 0.6) is 0 Å². The van der Waals surface area contributed by atoms with Crippen LogP contribution in [0.25, 0.3) is 11.1 Å². The van der Waals surface area contributed by atoms with E-state index in [0.29, 0.717) is 0 Å². The van der Waals surface area contributed by atoms with Crippen molar-refractivity contribution in [1.29, 1.82) is 0 Å². The molecule has 0 N–H and O–H groups in total.